The molecule has 2 amide bonds. The summed E-state index contributed by atoms with van der Waals surface area (Å²) in [5.74, 6) is -1.65. The van der Waals surface area contributed by atoms with Crippen molar-refractivity contribution in [1.29, 1.82) is 0 Å². The zero-order chi connectivity index (χ0) is 14.7. The first-order valence-corrected chi connectivity index (χ1v) is 5.55. The van der Waals surface area contributed by atoms with Crippen LogP contribution in [-0.2, 0) is 0 Å². The minimum Gasteiger partial charge on any atom is -0.396 e. The van der Waals surface area contributed by atoms with Crippen molar-refractivity contribution in [2.75, 3.05) is 23.0 Å². The number of halogens is 2. The van der Waals surface area contributed by atoms with Crippen molar-refractivity contribution in [3.8, 4) is 0 Å². The van der Waals surface area contributed by atoms with E-state index in [4.69, 9.17) is 5.73 Å². The van der Waals surface area contributed by atoms with E-state index < -0.39 is 23.4 Å². The van der Waals surface area contributed by atoms with E-state index in [0.717, 1.165) is 17.0 Å². The first kappa shape index (κ1) is 13.7. The van der Waals surface area contributed by atoms with Crippen molar-refractivity contribution >= 4 is 23.2 Å². The molecule has 1 aromatic carbocycles. The molecular formula is C12H11F2N5O. The van der Waals surface area contributed by atoms with Gasteiger partial charge in [0.2, 0.25) is 0 Å². The second kappa shape index (κ2) is 5.47. The number of amides is 2. The first-order chi connectivity index (χ1) is 9.50. The Kier molecular flexibility index (Phi) is 3.74. The molecule has 0 bridgehead atoms. The molecule has 2 rings (SSSR count). The van der Waals surface area contributed by atoms with Gasteiger partial charge in [-0.25, -0.2) is 23.5 Å². The standard InChI is InChI=1S/C12H11F2N5O/c1-19(9-4-5-16-6-17-9)12(20)18-11-7(13)2-3-8(15)10(11)14/h2-6H,15H2,1H3,(H,18,20). The minimum absolute atomic E-state index is 0.258. The van der Waals surface area contributed by atoms with Crippen LogP contribution in [0.2, 0.25) is 0 Å². The third-order valence-corrected chi connectivity index (χ3v) is 2.57. The molecule has 0 unspecified atom stereocenters. The average molecular weight is 279 g/mol. The van der Waals surface area contributed by atoms with E-state index in [0.29, 0.717) is 0 Å². The Hall–Kier alpha value is -2.77. The SMILES string of the molecule is CN(C(=O)Nc1c(F)ccc(N)c1F)c1ccncn1. The summed E-state index contributed by atoms with van der Waals surface area (Å²) >= 11 is 0. The highest BCUT2D eigenvalue weighted by molar-refractivity contribution is 6.01. The number of benzene rings is 1. The summed E-state index contributed by atoms with van der Waals surface area (Å²) in [6, 6.07) is 2.77. The zero-order valence-corrected chi connectivity index (χ0v) is 10.5. The lowest BCUT2D eigenvalue weighted by atomic mass is 10.2. The molecule has 1 aromatic heterocycles. The Labute approximate surface area is 113 Å². The van der Waals surface area contributed by atoms with E-state index in [2.05, 4.69) is 15.3 Å². The van der Waals surface area contributed by atoms with Gasteiger partial charge in [-0.3, -0.25) is 4.90 Å². The predicted molar refractivity (Wildman–Crippen MR) is 70.2 cm³/mol. The molecular weight excluding hydrogens is 268 g/mol. The number of nitrogens with two attached hydrogens (primary N) is 1. The fourth-order valence-electron chi connectivity index (χ4n) is 1.46. The molecule has 0 aliphatic carbocycles. The highest BCUT2D eigenvalue weighted by atomic mass is 19.1. The Balaban J connectivity index is 2.23. The van der Waals surface area contributed by atoms with Gasteiger partial charge < -0.3 is 11.1 Å². The lowest BCUT2D eigenvalue weighted by Crippen LogP contribution is -2.32. The van der Waals surface area contributed by atoms with Gasteiger partial charge >= 0.3 is 6.03 Å². The number of carbonyl (C=O) groups is 1. The van der Waals surface area contributed by atoms with Crippen LogP contribution >= 0.6 is 0 Å². The molecule has 104 valence electrons. The van der Waals surface area contributed by atoms with Gasteiger partial charge in [-0.05, 0) is 18.2 Å². The molecule has 2 aromatic rings. The van der Waals surface area contributed by atoms with E-state index in [1.807, 2.05) is 0 Å². The van der Waals surface area contributed by atoms with Crippen molar-refractivity contribution in [2.45, 2.75) is 0 Å². The molecule has 6 nitrogen and oxygen atoms in total. The van der Waals surface area contributed by atoms with Crippen LogP contribution in [0.25, 0.3) is 0 Å². The summed E-state index contributed by atoms with van der Waals surface area (Å²) in [7, 11) is 1.40. The highest BCUT2D eigenvalue weighted by Crippen LogP contribution is 2.24. The first-order valence-electron chi connectivity index (χ1n) is 5.55. The Morgan fingerprint density at radius 3 is 2.75 bits per heavy atom. The van der Waals surface area contributed by atoms with E-state index in [1.54, 1.807) is 0 Å². The Morgan fingerprint density at radius 2 is 2.10 bits per heavy atom. The average Bonchev–Trinajstić information content (AvgIpc) is 2.47. The van der Waals surface area contributed by atoms with Crippen LogP contribution in [-0.4, -0.2) is 23.0 Å². The number of rotatable bonds is 2. The van der Waals surface area contributed by atoms with Crippen LogP contribution < -0.4 is 16.0 Å². The lowest BCUT2D eigenvalue weighted by molar-refractivity contribution is 0.257. The third-order valence-electron chi connectivity index (χ3n) is 2.57. The fourth-order valence-corrected chi connectivity index (χ4v) is 1.46. The molecule has 20 heavy (non-hydrogen) atoms. The number of aromatic nitrogens is 2. The quantitative estimate of drug-likeness (QED) is 0.823. The van der Waals surface area contributed by atoms with Crippen LogP contribution in [0.4, 0.5) is 30.8 Å². The van der Waals surface area contributed by atoms with E-state index >= 15 is 0 Å². The fraction of sp³-hybridized carbons (Fsp3) is 0.0833. The summed E-state index contributed by atoms with van der Waals surface area (Å²) in [5.41, 5.74) is 4.47. The van der Waals surface area contributed by atoms with Crippen molar-refractivity contribution in [2.24, 2.45) is 0 Å². The molecule has 0 radical (unpaired) electrons. The number of nitrogens with one attached hydrogen (secondary N) is 1. The second-order valence-corrected chi connectivity index (χ2v) is 3.88. The van der Waals surface area contributed by atoms with Gasteiger partial charge in [0.25, 0.3) is 0 Å². The molecule has 0 aliphatic heterocycles. The van der Waals surface area contributed by atoms with Crippen LogP contribution in [0.3, 0.4) is 0 Å². The molecule has 0 aliphatic rings. The van der Waals surface area contributed by atoms with Gasteiger partial charge in [-0.1, -0.05) is 0 Å². The summed E-state index contributed by atoms with van der Waals surface area (Å²) in [5, 5.41) is 2.11. The number of carbonyl (C=O) groups excluding carboxylic acids is 1. The van der Waals surface area contributed by atoms with Gasteiger partial charge in [0.05, 0.1) is 5.69 Å². The van der Waals surface area contributed by atoms with Crippen molar-refractivity contribution < 1.29 is 13.6 Å². The topological polar surface area (TPSA) is 84.1 Å². The summed E-state index contributed by atoms with van der Waals surface area (Å²) in [4.78, 5) is 20.5. The van der Waals surface area contributed by atoms with E-state index in [1.165, 1.54) is 25.6 Å². The highest BCUT2D eigenvalue weighted by Gasteiger charge is 2.18. The van der Waals surface area contributed by atoms with Gasteiger partial charge in [-0.2, -0.15) is 0 Å². The van der Waals surface area contributed by atoms with Crippen molar-refractivity contribution in [1.82, 2.24) is 9.97 Å². The van der Waals surface area contributed by atoms with Gasteiger partial charge in [-0.15, -0.1) is 0 Å². The van der Waals surface area contributed by atoms with Crippen LogP contribution in [0.5, 0.6) is 0 Å². The Bertz CT molecular complexity index is 635. The molecule has 1 heterocycles. The largest absolute Gasteiger partial charge is 0.396 e. The maximum Gasteiger partial charge on any atom is 0.327 e. The Morgan fingerprint density at radius 1 is 1.35 bits per heavy atom. The van der Waals surface area contributed by atoms with Crippen LogP contribution in [0, 0.1) is 11.6 Å². The number of nitrogens with zero attached hydrogens (tertiary/aromatic N) is 3. The smallest absolute Gasteiger partial charge is 0.327 e. The second-order valence-electron chi connectivity index (χ2n) is 3.88. The van der Waals surface area contributed by atoms with E-state index in [-0.39, 0.29) is 11.5 Å². The summed E-state index contributed by atoms with van der Waals surface area (Å²) in [6.07, 6.45) is 2.69. The summed E-state index contributed by atoms with van der Waals surface area (Å²) in [6.45, 7) is 0. The number of urea groups is 1. The molecule has 3 N–H and O–H groups in total. The lowest BCUT2D eigenvalue weighted by Gasteiger charge is -2.17. The number of hydrogen-bond donors (Lipinski definition) is 2. The number of nitrogen functional groups attached to an aromatic ring is 1. The summed E-state index contributed by atoms with van der Waals surface area (Å²) < 4.78 is 27.2. The maximum absolute atomic E-state index is 13.7. The minimum atomic E-state index is -1.02. The zero-order valence-electron chi connectivity index (χ0n) is 10.5. The van der Waals surface area contributed by atoms with Crippen LogP contribution in [0.1, 0.15) is 0 Å². The molecule has 0 fully saturated rings. The molecule has 0 saturated carbocycles. The number of anilines is 3. The molecule has 0 spiro atoms. The van der Waals surface area contributed by atoms with Gasteiger partial charge in [0.15, 0.2) is 5.82 Å². The predicted octanol–water partition coefficient (Wildman–Crippen LogP) is 2.01. The normalized spacial score (nSPS) is 10.2. The van der Waals surface area contributed by atoms with Crippen molar-refractivity contribution in [3.63, 3.8) is 0 Å². The third kappa shape index (κ3) is 2.63. The van der Waals surface area contributed by atoms with E-state index in [9.17, 15) is 13.6 Å². The molecule has 8 heteroatoms. The van der Waals surface area contributed by atoms with Crippen molar-refractivity contribution in [3.05, 3.63) is 42.4 Å². The maximum atomic E-state index is 13.7. The molecule has 0 saturated heterocycles. The number of hydrogen-bond acceptors (Lipinski definition) is 4. The van der Waals surface area contributed by atoms with Gasteiger partial charge in [0.1, 0.15) is 23.6 Å². The van der Waals surface area contributed by atoms with Crippen LogP contribution in [0.15, 0.2) is 30.7 Å². The van der Waals surface area contributed by atoms with Gasteiger partial charge in [0, 0.05) is 13.2 Å². The monoisotopic (exact) mass is 279 g/mol. The molecule has 0 atom stereocenters.